The lowest BCUT2D eigenvalue weighted by Crippen LogP contribution is -2.51. The molecule has 0 saturated carbocycles. The van der Waals surface area contributed by atoms with Gasteiger partial charge in [-0.15, -0.1) is 0 Å². The minimum atomic E-state index is -1.02. The Morgan fingerprint density at radius 1 is 1.28 bits per heavy atom. The van der Waals surface area contributed by atoms with Crippen molar-refractivity contribution in [1.82, 2.24) is 15.1 Å². The summed E-state index contributed by atoms with van der Waals surface area (Å²) in [7, 11) is 2.01. The lowest BCUT2D eigenvalue weighted by Gasteiger charge is -2.33. The van der Waals surface area contributed by atoms with Crippen molar-refractivity contribution >= 4 is 23.5 Å². The van der Waals surface area contributed by atoms with Crippen molar-refractivity contribution in [1.29, 1.82) is 0 Å². The van der Waals surface area contributed by atoms with Gasteiger partial charge in [-0.25, -0.2) is 4.79 Å². The van der Waals surface area contributed by atoms with Gasteiger partial charge in [0.2, 0.25) is 5.91 Å². The number of nitrogens with one attached hydrogen (secondary N) is 1. The van der Waals surface area contributed by atoms with E-state index in [4.69, 9.17) is 0 Å². The number of benzene rings is 1. The van der Waals surface area contributed by atoms with Gasteiger partial charge in [-0.1, -0.05) is 18.2 Å². The van der Waals surface area contributed by atoms with Crippen LogP contribution in [0, 0.1) is 0 Å². The zero-order valence-corrected chi connectivity index (χ0v) is 15.1. The van der Waals surface area contributed by atoms with Gasteiger partial charge < -0.3 is 14.7 Å². The molecule has 0 aliphatic carbocycles. The van der Waals surface area contributed by atoms with Gasteiger partial charge >= 0.3 is 6.03 Å². The molecular weight excluding hydrogens is 320 g/mol. The molecule has 7 heteroatoms. The average molecular weight is 344 g/mol. The van der Waals surface area contributed by atoms with Crippen molar-refractivity contribution < 1.29 is 14.4 Å². The fourth-order valence-corrected chi connectivity index (χ4v) is 3.47. The van der Waals surface area contributed by atoms with Crippen LogP contribution in [0.4, 0.5) is 10.5 Å². The van der Waals surface area contributed by atoms with E-state index >= 15 is 0 Å². The summed E-state index contributed by atoms with van der Waals surface area (Å²) in [4.78, 5) is 42.1. The first kappa shape index (κ1) is 17.3. The highest BCUT2D eigenvalue weighted by Gasteiger charge is 2.46. The minimum absolute atomic E-state index is 0.00521. The maximum atomic E-state index is 12.9. The fourth-order valence-electron chi connectivity index (χ4n) is 3.47. The van der Waals surface area contributed by atoms with E-state index in [1.165, 1.54) is 4.90 Å². The van der Waals surface area contributed by atoms with Crippen molar-refractivity contribution in [3.05, 3.63) is 29.8 Å². The Hall–Kier alpha value is -2.57. The zero-order chi connectivity index (χ0) is 18.4. The van der Waals surface area contributed by atoms with Gasteiger partial charge in [-0.05, 0) is 32.4 Å². The molecule has 1 atom stereocenters. The van der Waals surface area contributed by atoms with Crippen molar-refractivity contribution in [2.75, 3.05) is 25.0 Å². The van der Waals surface area contributed by atoms with Gasteiger partial charge in [0.25, 0.3) is 5.91 Å². The van der Waals surface area contributed by atoms with Crippen LogP contribution in [0.15, 0.2) is 24.3 Å². The Bertz CT molecular complexity index is 731. The number of rotatable bonds is 2. The molecule has 4 amide bonds. The van der Waals surface area contributed by atoms with E-state index in [1.807, 2.05) is 38.2 Å². The molecule has 1 N–H and O–H groups in total. The number of para-hydroxylation sites is 1. The van der Waals surface area contributed by atoms with Gasteiger partial charge in [-0.3, -0.25) is 14.9 Å². The minimum Gasteiger partial charge on any atom is -0.372 e. The van der Waals surface area contributed by atoms with Gasteiger partial charge in [-0.2, -0.15) is 0 Å². The Morgan fingerprint density at radius 3 is 2.60 bits per heavy atom. The lowest BCUT2D eigenvalue weighted by atomic mass is 10.0. The topological polar surface area (TPSA) is 73.0 Å². The molecule has 2 heterocycles. The molecule has 0 bridgehead atoms. The number of hydrogen-bond donors (Lipinski definition) is 1. The number of hydrogen-bond acceptors (Lipinski definition) is 4. The summed E-state index contributed by atoms with van der Waals surface area (Å²) in [5, 5.41) is 2.28. The first-order valence-electron chi connectivity index (χ1n) is 8.43. The maximum Gasteiger partial charge on any atom is 0.325 e. The predicted octanol–water partition coefficient (Wildman–Crippen LogP) is 1.18. The molecule has 0 spiro atoms. The van der Waals surface area contributed by atoms with E-state index in [-0.39, 0.29) is 24.4 Å². The largest absolute Gasteiger partial charge is 0.372 e. The number of anilines is 1. The highest BCUT2D eigenvalue weighted by atomic mass is 16.2. The third-order valence-electron chi connectivity index (χ3n) is 5.12. The van der Waals surface area contributed by atoms with Crippen LogP contribution in [0.2, 0.25) is 0 Å². The quantitative estimate of drug-likeness (QED) is 0.818. The number of carbonyl (C=O) groups is 3. The molecule has 1 unspecified atom stereocenters. The molecule has 0 radical (unpaired) electrons. The van der Waals surface area contributed by atoms with Crippen LogP contribution in [-0.4, -0.2) is 59.4 Å². The SMILES string of the molecule is CC1CN(C)c2ccccc2CN1C(=O)CN1C(=O)NC(=O)C1(C)C. The molecule has 2 aliphatic heterocycles. The third-order valence-corrected chi connectivity index (χ3v) is 5.12. The summed E-state index contributed by atoms with van der Waals surface area (Å²) < 4.78 is 0. The van der Waals surface area contributed by atoms with E-state index in [1.54, 1.807) is 18.7 Å². The summed E-state index contributed by atoms with van der Waals surface area (Å²) in [6, 6.07) is 7.49. The second-order valence-electron chi connectivity index (χ2n) is 7.28. The average Bonchev–Trinajstić information content (AvgIpc) is 2.68. The summed E-state index contributed by atoms with van der Waals surface area (Å²) in [6.07, 6.45) is 0. The Labute approximate surface area is 147 Å². The molecule has 134 valence electrons. The number of amides is 4. The lowest BCUT2D eigenvalue weighted by molar-refractivity contribution is -0.135. The molecule has 1 saturated heterocycles. The third kappa shape index (κ3) is 2.94. The van der Waals surface area contributed by atoms with Crippen molar-refractivity contribution in [2.45, 2.75) is 38.9 Å². The van der Waals surface area contributed by atoms with Crippen LogP contribution < -0.4 is 10.2 Å². The van der Waals surface area contributed by atoms with Crippen LogP contribution in [-0.2, 0) is 16.1 Å². The molecular formula is C18H24N4O3. The summed E-state index contributed by atoms with van der Waals surface area (Å²) in [6.45, 7) is 6.38. The van der Waals surface area contributed by atoms with Crippen LogP contribution in [0.5, 0.6) is 0 Å². The van der Waals surface area contributed by atoms with Crippen molar-refractivity contribution in [3.8, 4) is 0 Å². The molecule has 1 aromatic rings. The molecule has 25 heavy (non-hydrogen) atoms. The molecule has 1 fully saturated rings. The number of carbonyl (C=O) groups excluding carboxylic acids is 3. The van der Waals surface area contributed by atoms with Crippen molar-refractivity contribution in [2.24, 2.45) is 0 Å². The van der Waals surface area contributed by atoms with Gasteiger partial charge in [0.15, 0.2) is 0 Å². The van der Waals surface area contributed by atoms with Gasteiger partial charge in [0, 0.05) is 31.9 Å². The van der Waals surface area contributed by atoms with Crippen molar-refractivity contribution in [3.63, 3.8) is 0 Å². The summed E-state index contributed by atoms with van der Waals surface area (Å²) >= 11 is 0. The van der Waals surface area contributed by atoms with Crippen LogP contribution in [0.1, 0.15) is 26.3 Å². The normalized spacial score (nSPS) is 22.6. The van der Waals surface area contributed by atoms with E-state index in [9.17, 15) is 14.4 Å². The Morgan fingerprint density at radius 2 is 1.96 bits per heavy atom. The van der Waals surface area contributed by atoms with E-state index in [2.05, 4.69) is 10.2 Å². The smallest absolute Gasteiger partial charge is 0.325 e. The number of likely N-dealkylation sites (N-methyl/N-ethyl adjacent to an activating group) is 1. The summed E-state index contributed by atoms with van der Waals surface area (Å²) in [5.74, 6) is -0.533. The van der Waals surface area contributed by atoms with E-state index in [0.717, 1.165) is 11.3 Å². The number of fused-ring (bicyclic) bond motifs is 1. The molecule has 3 rings (SSSR count). The van der Waals surface area contributed by atoms with Gasteiger partial charge in [0.1, 0.15) is 12.1 Å². The number of urea groups is 1. The number of imide groups is 1. The maximum absolute atomic E-state index is 12.9. The van der Waals surface area contributed by atoms with Crippen LogP contribution >= 0.6 is 0 Å². The standard InChI is InChI=1S/C18H24N4O3/c1-12-9-20(4)14-8-6-5-7-13(14)10-21(12)15(23)11-22-17(25)19-16(24)18(22,2)3/h5-8,12H,9-11H2,1-4H3,(H,19,24,25). The number of nitrogens with zero attached hydrogens (tertiary/aromatic N) is 3. The molecule has 1 aromatic carbocycles. The zero-order valence-electron chi connectivity index (χ0n) is 15.1. The fraction of sp³-hybridized carbons (Fsp3) is 0.500. The highest BCUT2D eigenvalue weighted by Crippen LogP contribution is 2.27. The second kappa shape index (κ2) is 6.06. The molecule has 2 aliphatic rings. The first-order valence-corrected chi connectivity index (χ1v) is 8.43. The molecule has 7 nitrogen and oxygen atoms in total. The first-order chi connectivity index (χ1) is 11.7. The highest BCUT2D eigenvalue weighted by molar-refractivity contribution is 6.07. The summed E-state index contributed by atoms with van der Waals surface area (Å²) in [5.41, 5.74) is 1.17. The monoisotopic (exact) mass is 344 g/mol. The predicted molar refractivity (Wildman–Crippen MR) is 94.0 cm³/mol. The van der Waals surface area contributed by atoms with E-state index in [0.29, 0.717) is 13.1 Å². The van der Waals surface area contributed by atoms with Crippen LogP contribution in [0.3, 0.4) is 0 Å². The second-order valence-corrected chi connectivity index (χ2v) is 7.28. The van der Waals surface area contributed by atoms with Crippen LogP contribution in [0.25, 0.3) is 0 Å². The Balaban J connectivity index is 1.82. The molecule has 0 aromatic heterocycles. The van der Waals surface area contributed by atoms with E-state index < -0.39 is 11.6 Å². The Kier molecular flexibility index (Phi) is 4.18. The van der Waals surface area contributed by atoms with Gasteiger partial charge in [0.05, 0.1) is 0 Å².